The van der Waals surface area contributed by atoms with Gasteiger partial charge in [0.15, 0.2) is 5.75 Å². The van der Waals surface area contributed by atoms with Crippen molar-refractivity contribution in [2.24, 2.45) is 0 Å². The van der Waals surface area contributed by atoms with E-state index in [-0.39, 0.29) is 11.3 Å². The van der Waals surface area contributed by atoms with Crippen molar-refractivity contribution in [3.63, 3.8) is 0 Å². The van der Waals surface area contributed by atoms with Crippen molar-refractivity contribution in [1.82, 2.24) is 4.98 Å². The summed E-state index contributed by atoms with van der Waals surface area (Å²) >= 11 is 0. The molecule has 0 N–H and O–H groups in total. The lowest BCUT2D eigenvalue weighted by atomic mass is 10.3. The second-order valence-electron chi connectivity index (χ2n) is 2.25. The van der Waals surface area contributed by atoms with Crippen LogP contribution in [0.3, 0.4) is 0 Å². The minimum Gasteiger partial charge on any atom is -0.545 e. The predicted octanol–water partition coefficient (Wildman–Crippen LogP) is -0.410. The third-order valence-corrected chi connectivity index (χ3v) is 1.32. The molecule has 0 atom stereocenters. The SMILES string of the molecule is COC(=O)Oc1cncc(C(=O)[O-])c1. The molecule has 74 valence electrons. The third-order valence-electron chi connectivity index (χ3n) is 1.32. The van der Waals surface area contributed by atoms with Crippen molar-refractivity contribution in [2.75, 3.05) is 7.11 Å². The Bertz CT molecular complexity index is 363. The van der Waals surface area contributed by atoms with E-state index >= 15 is 0 Å². The monoisotopic (exact) mass is 196 g/mol. The van der Waals surface area contributed by atoms with E-state index in [9.17, 15) is 14.7 Å². The van der Waals surface area contributed by atoms with Crippen molar-refractivity contribution < 1.29 is 24.2 Å². The summed E-state index contributed by atoms with van der Waals surface area (Å²) in [5.74, 6) is -1.41. The minimum absolute atomic E-state index is 0.0152. The van der Waals surface area contributed by atoms with E-state index in [4.69, 9.17) is 0 Å². The normalized spacial score (nSPS) is 9.21. The number of carbonyl (C=O) groups excluding carboxylic acids is 2. The maximum Gasteiger partial charge on any atom is 0.513 e. The van der Waals surface area contributed by atoms with Crippen LogP contribution in [0, 0.1) is 0 Å². The van der Waals surface area contributed by atoms with Crippen LogP contribution < -0.4 is 9.84 Å². The fourth-order valence-electron chi connectivity index (χ4n) is 0.724. The summed E-state index contributed by atoms with van der Waals surface area (Å²) in [6.07, 6.45) is 1.32. The molecule has 0 radical (unpaired) electrons. The second-order valence-corrected chi connectivity index (χ2v) is 2.25. The molecule has 6 heteroatoms. The Morgan fingerprint density at radius 3 is 2.71 bits per heavy atom. The standard InChI is InChI=1S/C8H7NO5/c1-13-8(12)14-6-2-5(7(10)11)3-9-4-6/h2-4H,1H3,(H,10,11)/p-1. The first-order chi connectivity index (χ1) is 6.63. The van der Waals surface area contributed by atoms with Gasteiger partial charge in [-0.25, -0.2) is 4.79 Å². The summed E-state index contributed by atoms with van der Waals surface area (Å²) in [7, 11) is 1.14. The Balaban J connectivity index is 2.83. The maximum absolute atomic E-state index is 10.6. The van der Waals surface area contributed by atoms with Gasteiger partial charge in [0.25, 0.3) is 0 Å². The van der Waals surface area contributed by atoms with E-state index in [1.807, 2.05) is 0 Å². The molecule has 6 nitrogen and oxygen atoms in total. The van der Waals surface area contributed by atoms with Crippen molar-refractivity contribution in [2.45, 2.75) is 0 Å². The molecule has 0 saturated carbocycles. The van der Waals surface area contributed by atoms with Crippen LogP contribution in [-0.4, -0.2) is 24.2 Å². The third kappa shape index (κ3) is 2.44. The summed E-state index contributed by atoms with van der Waals surface area (Å²) in [5, 5.41) is 10.4. The van der Waals surface area contributed by atoms with Crippen molar-refractivity contribution in [3.05, 3.63) is 24.0 Å². The van der Waals surface area contributed by atoms with Gasteiger partial charge < -0.3 is 19.4 Å². The van der Waals surface area contributed by atoms with Gasteiger partial charge in [-0.05, 0) is 6.07 Å². The zero-order valence-electron chi connectivity index (χ0n) is 7.22. The van der Waals surface area contributed by atoms with E-state index in [1.54, 1.807) is 0 Å². The first-order valence-corrected chi connectivity index (χ1v) is 3.55. The first kappa shape index (κ1) is 9.97. The van der Waals surface area contributed by atoms with Crippen molar-refractivity contribution in [3.8, 4) is 5.75 Å². The van der Waals surface area contributed by atoms with Crippen molar-refractivity contribution >= 4 is 12.1 Å². The van der Waals surface area contributed by atoms with E-state index in [1.165, 1.54) is 6.20 Å². The Morgan fingerprint density at radius 1 is 1.43 bits per heavy atom. The molecule has 14 heavy (non-hydrogen) atoms. The average molecular weight is 196 g/mol. The summed E-state index contributed by atoms with van der Waals surface area (Å²) in [6, 6.07) is 1.11. The number of carboxylic acids is 1. The Kier molecular flexibility index (Phi) is 3.01. The van der Waals surface area contributed by atoms with Crippen LogP contribution in [0.5, 0.6) is 5.75 Å². The van der Waals surface area contributed by atoms with Gasteiger partial charge in [-0.1, -0.05) is 0 Å². The van der Waals surface area contributed by atoms with Gasteiger partial charge >= 0.3 is 6.16 Å². The van der Waals surface area contributed by atoms with E-state index in [0.29, 0.717) is 0 Å². The van der Waals surface area contributed by atoms with Crippen LogP contribution in [-0.2, 0) is 4.74 Å². The number of pyridine rings is 1. The fourth-order valence-corrected chi connectivity index (χ4v) is 0.724. The molecule has 0 amide bonds. The molecule has 0 aliphatic carbocycles. The van der Waals surface area contributed by atoms with Gasteiger partial charge in [-0.3, -0.25) is 4.98 Å². The molecule has 1 aromatic heterocycles. The molecule has 1 heterocycles. The van der Waals surface area contributed by atoms with Gasteiger partial charge in [0.2, 0.25) is 0 Å². The highest BCUT2D eigenvalue weighted by Crippen LogP contribution is 2.10. The van der Waals surface area contributed by atoms with E-state index in [0.717, 1.165) is 19.4 Å². The molecule has 0 saturated heterocycles. The molecule has 1 aromatic rings. The number of methoxy groups -OCH3 is 1. The maximum atomic E-state index is 10.6. The van der Waals surface area contributed by atoms with E-state index < -0.39 is 12.1 Å². The zero-order valence-corrected chi connectivity index (χ0v) is 7.22. The number of hydrogen-bond acceptors (Lipinski definition) is 6. The van der Waals surface area contributed by atoms with Crippen LogP contribution in [0.4, 0.5) is 4.79 Å². The van der Waals surface area contributed by atoms with Gasteiger partial charge in [0, 0.05) is 11.8 Å². The first-order valence-electron chi connectivity index (χ1n) is 3.55. The molecule has 0 unspecified atom stereocenters. The Labute approximate surface area is 79.1 Å². The Hall–Kier alpha value is -2.11. The summed E-state index contributed by atoms with van der Waals surface area (Å²) in [5.41, 5.74) is -0.175. The van der Waals surface area contributed by atoms with Crippen LogP contribution in [0.1, 0.15) is 10.4 Å². The quantitative estimate of drug-likeness (QED) is 0.597. The highest BCUT2D eigenvalue weighted by Gasteiger charge is 2.04. The molecule has 0 aliphatic heterocycles. The average Bonchev–Trinajstić information content (AvgIpc) is 2.18. The highest BCUT2D eigenvalue weighted by molar-refractivity contribution is 5.85. The second kappa shape index (κ2) is 4.22. The van der Waals surface area contributed by atoms with Crippen LogP contribution in [0.25, 0.3) is 0 Å². The highest BCUT2D eigenvalue weighted by atomic mass is 16.7. The minimum atomic E-state index is -1.40. The van der Waals surface area contributed by atoms with Crippen LogP contribution >= 0.6 is 0 Å². The molecular formula is C8H6NO5-. The van der Waals surface area contributed by atoms with Crippen molar-refractivity contribution in [1.29, 1.82) is 0 Å². The smallest absolute Gasteiger partial charge is 0.513 e. The number of nitrogens with zero attached hydrogens (tertiary/aromatic N) is 1. The Morgan fingerprint density at radius 2 is 2.14 bits per heavy atom. The molecule has 0 bridgehead atoms. The summed E-state index contributed by atoms with van der Waals surface area (Å²) in [4.78, 5) is 24.6. The molecule has 1 rings (SSSR count). The topological polar surface area (TPSA) is 88.6 Å². The van der Waals surface area contributed by atoms with Crippen LogP contribution in [0.15, 0.2) is 18.5 Å². The molecule has 0 aliphatic rings. The number of carbonyl (C=O) groups is 2. The van der Waals surface area contributed by atoms with Gasteiger partial charge in [0.05, 0.1) is 19.3 Å². The largest absolute Gasteiger partial charge is 0.545 e. The van der Waals surface area contributed by atoms with Crippen LogP contribution in [0.2, 0.25) is 0 Å². The summed E-state index contributed by atoms with van der Waals surface area (Å²) < 4.78 is 8.74. The number of aromatic carboxylic acids is 1. The molecule has 0 spiro atoms. The number of carboxylic acid groups (broad SMARTS) is 1. The van der Waals surface area contributed by atoms with Gasteiger partial charge in [-0.15, -0.1) is 0 Å². The van der Waals surface area contributed by atoms with Gasteiger partial charge in [0.1, 0.15) is 0 Å². The number of hydrogen-bond donors (Lipinski definition) is 0. The molecule has 0 aromatic carbocycles. The zero-order chi connectivity index (χ0) is 10.6. The molecule has 0 fully saturated rings. The number of rotatable bonds is 2. The lowest BCUT2D eigenvalue weighted by Crippen LogP contribution is -2.22. The number of ether oxygens (including phenoxy) is 2. The predicted molar refractivity (Wildman–Crippen MR) is 41.6 cm³/mol. The lowest BCUT2D eigenvalue weighted by Gasteiger charge is -2.04. The van der Waals surface area contributed by atoms with Gasteiger partial charge in [-0.2, -0.15) is 0 Å². The molecular weight excluding hydrogens is 190 g/mol. The number of aromatic nitrogens is 1. The fraction of sp³-hybridized carbons (Fsp3) is 0.125. The lowest BCUT2D eigenvalue weighted by molar-refractivity contribution is -0.255. The van der Waals surface area contributed by atoms with E-state index in [2.05, 4.69) is 14.5 Å². The summed E-state index contributed by atoms with van der Waals surface area (Å²) in [6.45, 7) is 0.